The largest absolute Gasteiger partial charge is 0.516 e. The lowest BCUT2D eigenvalue weighted by atomic mass is 10.8. The van der Waals surface area contributed by atoms with E-state index in [9.17, 15) is 4.79 Å². The van der Waals surface area contributed by atoms with Crippen LogP contribution in [0.5, 0.6) is 0 Å². The Balaban J connectivity index is -0.0000000581. The summed E-state index contributed by atoms with van der Waals surface area (Å²) >= 11 is 9.52. The van der Waals surface area contributed by atoms with Crippen LogP contribution in [0.3, 0.4) is 0 Å². The van der Waals surface area contributed by atoms with Gasteiger partial charge in [0.2, 0.25) is 0 Å². The van der Waals surface area contributed by atoms with Crippen LogP contribution in [-0.2, 0) is 9.53 Å². The summed E-state index contributed by atoms with van der Waals surface area (Å²) in [6, 6.07) is 0. The Labute approximate surface area is 101 Å². The first-order chi connectivity index (χ1) is 7.01. The van der Waals surface area contributed by atoms with E-state index in [0.29, 0.717) is 0 Å². The van der Waals surface area contributed by atoms with Crippen LogP contribution in [0.1, 0.15) is 6.92 Å². The van der Waals surface area contributed by atoms with E-state index >= 15 is 0 Å². The number of hydrogen-bond acceptors (Lipinski definition) is 3. The van der Waals surface area contributed by atoms with Crippen molar-refractivity contribution in [3.8, 4) is 0 Å². The molecule has 0 aliphatic carbocycles. The minimum atomic E-state index is -0.329. The highest BCUT2D eigenvalue weighted by Gasteiger charge is 1.79. The standard InChI is InChI=1S/C4H6O2.2C2H3Cl.C2H4O/c1-3-6-4(2)5;3*1-2-3/h3H,1H2,2H3;2*2H,1H2;2-3H,1H2. The summed E-state index contributed by atoms with van der Waals surface area (Å²) in [5.74, 6) is -0.329. The molecule has 5 heteroatoms. The van der Waals surface area contributed by atoms with Gasteiger partial charge < -0.3 is 9.84 Å². The number of halogens is 2. The molecule has 0 unspecified atom stereocenters. The molecule has 0 bridgehead atoms. The first-order valence-corrected chi connectivity index (χ1v) is 4.34. The number of carbonyl (C=O) groups is 1. The molecule has 0 aromatic carbocycles. The van der Waals surface area contributed by atoms with E-state index in [2.05, 4.69) is 31.1 Å². The van der Waals surface area contributed by atoms with Crippen LogP contribution in [0.15, 0.2) is 49.9 Å². The second kappa shape index (κ2) is 38.5. The smallest absolute Gasteiger partial charge is 0.307 e. The Morgan fingerprint density at radius 1 is 1.20 bits per heavy atom. The molecule has 0 atom stereocenters. The summed E-state index contributed by atoms with van der Waals surface area (Å²) in [7, 11) is 0. The van der Waals surface area contributed by atoms with Gasteiger partial charge in [-0.05, 0) is 11.1 Å². The van der Waals surface area contributed by atoms with Crippen LogP contribution >= 0.6 is 23.2 Å². The number of aliphatic hydroxyl groups excluding tert-OH is 1. The second-order valence-electron chi connectivity index (χ2n) is 1.27. The van der Waals surface area contributed by atoms with E-state index in [4.69, 9.17) is 28.3 Å². The maximum atomic E-state index is 9.75. The molecule has 0 heterocycles. The third kappa shape index (κ3) is 457. The molecule has 15 heavy (non-hydrogen) atoms. The minimum Gasteiger partial charge on any atom is -0.516 e. The van der Waals surface area contributed by atoms with Gasteiger partial charge >= 0.3 is 5.97 Å². The molecular weight excluding hydrogens is 239 g/mol. The van der Waals surface area contributed by atoms with Crippen molar-refractivity contribution in [2.45, 2.75) is 6.92 Å². The van der Waals surface area contributed by atoms with Crippen molar-refractivity contribution in [3.63, 3.8) is 0 Å². The Hall–Kier alpha value is -1.19. The van der Waals surface area contributed by atoms with E-state index in [1.54, 1.807) is 0 Å². The van der Waals surface area contributed by atoms with Crippen LogP contribution in [-0.4, -0.2) is 11.1 Å². The van der Waals surface area contributed by atoms with E-state index in [-0.39, 0.29) is 5.97 Å². The van der Waals surface area contributed by atoms with Crippen molar-refractivity contribution in [2.75, 3.05) is 0 Å². The molecule has 0 radical (unpaired) electrons. The molecule has 88 valence electrons. The van der Waals surface area contributed by atoms with Gasteiger partial charge in [-0.25, -0.2) is 0 Å². The monoisotopic (exact) mass is 254 g/mol. The molecule has 0 aromatic rings. The summed E-state index contributed by atoms with van der Waals surface area (Å²) in [5, 5.41) is 7.33. The number of ether oxygens (including phenoxy) is 1. The highest BCUT2D eigenvalue weighted by molar-refractivity contribution is 6.25. The molecule has 0 fully saturated rings. The van der Waals surface area contributed by atoms with Gasteiger partial charge in [0.25, 0.3) is 0 Å². The minimum absolute atomic E-state index is 0.329. The van der Waals surface area contributed by atoms with E-state index < -0.39 is 0 Å². The lowest BCUT2D eigenvalue weighted by molar-refractivity contribution is -0.135. The predicted octanol–water partition coefficient (Wildman–Crippen LogP) is 4.12. The van der Waals surface area contributed by atoms with Crippen LogP contribution < -0.4 is 0 Å². The van der Waals surface area contributed by atoms with Gasteiger partial charge in [0.05, 0.1) is 12.5 Å². The maximum Gasteiger partial charge on any atom is 0.307 e. The molecule has 0 rings (SSSR count). The van der Waals surface area contributed by atoms with Crippen LogP contribution in [0, 0.1) is 0 Å². The van der Waals surface area contributed by atoms with E-state index in [1.165, 1.54) is 18.0 Å². The van der Waals surface area contributed by atoms with Crippen LogP contribution in [0.25, 0.3) is 0 Å². The van der Waals surface area contributed by atoms with E-state index in [1.807, 2.05) is 0 Å². The van der Waals surface area contributed by atoms with Crippen LogP contribution in [0.4, 0.5) is 0 Å². The van der Waals surface area contributed by atoms with Gasteiger partial charge in [0.1, 0.15) is 0 Å². The van der Waals surface area contributed by atoms with Crippen molar-refractivity contribution < 1.29 is 14.6 Å². The lowest BCUT2D eigenvalue weighted by Gasteiger charge is -1.83. The van der Waals surface area contributed by atoms with Gasteiger partial charge in [0.15, 0.2) is 0 Å². The molecule has 0 saturated carbocycles. The number of esters is 1. The molecule has 0 aliphatic rings. The van der Waals surface area contributed by atoms with Gasteiger partial charge in [-0.3, -0.25) is 4.79 Å². The van der Waals surface area contributed by atoms with Crippen molar-refractivity contribution in [3.05, 3.63) is 49.9 Å². The molecular formula is C10H16Cl2O3. The maximum absolute atomic E-state index is 9.75. The Bertz CT molecular complexity index is 154. The average Bonchev–Trinajstić information content (AvgIpc) is 2.07. The highest BCUT2D eigenvalue weighted by Crippen LogP contribution is 1.70. The zero-order valence-electron chi connectivity index (χ0n) is 8.66. The van der Waals surface area contributed by atoms with Crippen molar-refractivity contribution in [2.24, 2.45) is 0 Å². The van der Waals surface area contributed by atoms with Gasteiger partial charge in [0, 0.05) is 6.92 Å². The number of aliphatic hydroxyl groups is 1. The first kappa shape index (κ1) is 23.5. The fourth-order valence-electron chi connectivity index (χ4n) is 0.117. The lowest BCUT2D eigenvalue weighted by Crippen LogP contribution is -1.87. The summed E-state index contributed by atoms with van der Waals surface area (Å²) in [6.45, 7) is 13.6. The second-order valence-corrected chi connectivity index (χ2v) is 1.88. The summed E-state index contributed by atoms with van der Waals surface area (Å²) in [6.07, 6.45) is 1.85. The fourth-order valence-corrected chi connectivity index (χ4v) is 0.117. The normalized spacial score (nSPS) is 5.27. The third-order valence-electron chi connectivity index (χ3n) is 0.249. The number of hydrogen-bond donors (Lipinski definition) is 1. The molecule has 1 N–H and O–H groups in total. The first-order valence-electron chi connectivity index (χ1n) is 3.47. The summed E-state index contributed by atoms with van der Waals surface area (Å²) < 4.78 is 4.17. The Morgan fingerprint density at radius 2 is 1.40 bits per heavy atom. The SMILES string of the molecule is C=CCl.C=CCl.C=CO.C=COC(C)=O. The van der Waals surface area contributed by atoms with Crippen LogP contribution in [0.2, 0.25) is 0 Å². The molecule has 0 aliphatic heterocycles. The van der Waals surface area contributed by atoms with Gasteiger partial charge in [-0.1, -0.05) is 49.5 Å². The average molecular weight is 255 g/mol. The molecule has 0 aromatic heterocycles. The predicted molar refractivity (Wildman–Crippen MR) is 66.9 cm³/mol. The highest BCUT2D eigenvalue weighted by atomic mass is 35.5. The number of rotatable bonds is 1. The zero-order chi connectivity index (χ0) is 13.1. The molecule has 0 saturated heterocycles. The molecule has 3 nitrogen and oxygen atoms in total. The topological polar surface area (TPSA) is 46.5 Å². The van der Waals surface area contributed by atoms with Gasteiger partial charge in [-0.15, -0.1) is 0 Å². The van der Waals surface area contributed by atoms with E-state index in [0.717, 1.165) is 12.5 Å². The summed E-state index contributed by atoms with van der Waals surface area (Å²) in [4.78, 5) is 9.75. The molecule has 0 amide bonds. The third-order valence-corrected chi connectivity index (χ3v) is 0.249. The Morgan fingerprint density at radius 3 is 1.40 bits per heavy atom. The van der Waals surface area contributed by atoms with Crippen molar-refractivity contribution >= 4 is 29.2 Å². The quantitative estimate of drug-likeness (QED) is 0.566. The number of carbonyl (C=O) groups excluding carboxylic acids is 1. The van der Waals surface area contributed by atoms with Gasteiger partial charge in [-0.2, -0.15) is 0 Å². The zero-order valence-corrected chi connectivity index (χ0v) is 10.2. The summed E-state index contributed by atoms with van der Waals surface area (Å²) in [5.41, 5.74) is 2.44. The fraction of sp³-hybridized carbons (Fsp3) is 0.100. The molecule has 0 spiro atoms. The Kier molecular flexibility index (Phi) is 60.5. The van der Waals surface area contributed by atoms with Crippen molar-refractivity contribution in [1.29, 1.82) is 0 Å². The van der Waals surface area contributed by atoms with Crippen molar-refractivity contribution in [1.82, 2.24) is 0 Å².